The van der Waals surface area contributed by atoms with E-state index in [2.05, 4.69) is 17.2 Å². The molecule has 1 aromatic rings. The lowest BCUT2D eigenvalue weighted by Gasteiger charge is -2.22. The zero-order chi connectivity index (χ0) is 12.3. The van der Waals surface area contributed by atoms with E-state index in [1.54, 1.807) is 11.3 Å². The number of nitrogens with one attached hydrogen (secondary N) is 1. The van der Waals surface area contributed by atoms with Crippen molar-refractivity contribution in [3.63, 3.8) is 0 Å². The summed E-state index contributed by atoms with van der Waals surface area (Å²) in [5.74, 6) is 0.644. The van der Waals surface area contributed by atoms with Crippen LogP contribution in [0.25, 0.3) is 0 Å². The molecule has 0 aromatic carbocycles. The van der Waals surface area contributed by atoms with Crippen molar-refractivity contribution in [2.45, 2.75) is 38.8 Å². The summed E-state index contributed by atoms with van der Waals surface area (Å²) < 4.78 is 22.5. The fourth-order valence-electron chi connectivity index (χ4n) is 1.92. The van der Waals surface area contributed by atoms with Gasteiger partial charge in [0.05, 0.1) is 11.5 Å². The molecule has 0 amide bonds. The van der Waals surface area contributed by atoms with E-state index < -0.39 is 9.84 Å². The largest absolute Gasteiger partial charge is 0.308 e. The predicted octanol–water partition coefficient (Wildman–Crippen LogP) is 1.37. The first kappa shape index (κ1) is 13.0. The van der Waals surface area contributed by atoms with Gasteiger partial charge in [0.2, 0.25) is 0 Å². The summed E-state index contributed by atoms with van der Waals surface area (Å²) in [5.41, 5.74) is 0. The standard InChI is InChI=1S/C11H18N2O2S2/c1-2-10-7-13-11(16-10)8-12-9-3-5-17(14,15)6-4-9/h7,9,12H,2-6,8H2,1H3. The van der Waals surface area contributed by atoms with E-state index in [1.165, 1.54) is 4.88 Å². The van der Waals surface area contributed by atoms with Crippen molar-refractivity contribution in [1.29, 1.82) is 0 Å². The number of aryl methyl sites for hydroxylation is 1. The predicted molar refractivity (Wildman–Crippen MR) is 70.0 cm³/mol. The minimum Gasteiger partial charge on any atom is -0.308 e. The molecule has 0 spiro atoms. The van der Waals surface area contributed by atoms with Crippen molar-refractivity contribution < 1.29 is 8.42 Å². The van der Waals surface area contributed by atoms with Gasteiger partial charge in [-0.15, -0.1) is 11.3 Å². The van der Waals surface area contributed by atoms with Crippen LogP contribution in [0.2, 0.25) is 0 Å². The number of thiazole rings is 1. The van der Waals surface area contributed by atoms with Gasteiger partial charge in [0, 0.05) is 23.7 Å². The third-order valence-corrected chi connectivity index (χ3v) is 5.90. The Morgan fingerprint density at radius 1 is 1.47 bits per heavy atom. The quantitative estimate of drug-likeness (QED) is 0.901. The van der Waals surface area contributed by atoms with Gasteiger partial charge in [-0.25, -0.2) is 13.4 Å². The molecule has 0 bridgehead atoms. The van der Waals surface area contributed by atoms with Crippen LogP contribution in [-0.4, -0.2) is 30.9 Å². The molecule has 0 aliphatic carbocycles. The van der Waals surface area contributed by atoms with Crippen molar-refractivity contribution in [1.82, 2.24) is 10.3 Å². The third kappa shape index (κ3) is 3.76. The van der Waals surface area contributed by atoms with E-state index in [1.807, 2.05) is 6.20 Å². The number of hydrogen-bond acceptors (Lipinski definition) is 5. The van der Waals surface area contributed by atoms with Crippen molar-refractivity contribution >= 4 is 21.2 Å². The Balaban J connectivity index is 1.79. The maximum atomic E-state index is 11.3. The molecule has 0 radical (unpaired) electrons. The average Bonchev–Trinajstić information content (AvgIpc) is 2.75. The van der Waals surface area contributed by atoms with Crippen molar-refractivity contribution in [3.8, 4) is 0 Å². The van der Waals surface area contributed by atoms with E-state index in [0.29, 0.717) is 17.5 Å². The highest BCUT2D eigenvalue weighted by Gasteiger charge is 2.23. The molecule has 96 valence electrons. The van der Waals surface area contributed by atoms with Gasteiger partial charge >= 0.3 is 0 Å². The van der Waals surface area contributed by atoms with Crippen LogP contribution in [0.15, 0.2) is 6.20 Å². The van der Waals surface area contributed by atoms with Gasteiger partial charge in [0.25, 0.3) is 0 Å². The lowest BCUT2D eigenvalue weighted by atomic mass is 10.1. The molecule has 0 saturated carbocycles. The second kappa shape index (κ2) is 5.46. The zero-order valence-corrected chi connectivity index (χ0v) is 11.6. The second-order valence-electron chi connectivity index (χ2n) is 4.38. The normalized spacial score (nSPS) is 20.5. The van der Waals surface area contributed by atoms with E-state index in [4.69, 9.17) is 0 Å². The zero-order valence-electron chi connectivity index (χ0n) is 9.98. The molecule has 2 heterocycles. The van der Waals surface area contributed by atoms with E-state index in [9.17, 15) is 8.42 Å². The summed E-state index contributed by atoms with van der Waals surface area (Å²) in [7, 11) is -2.75. The van der Waals surface area contributed by atoms with Crippen LogP contribution < -0.4 is 5.32 Å². The molecular weight excluding hydrogens is 256 g/mol. The maximum Gasteiger partial charge on any atom is 0.150 e. The highest BCUT2D eigenvalue weighted by molar-refractivity contribution is 7.91. The summed E-state index contributed by atoms with van der Waals surface area (Å²) in [4.78, 5) is 5.64. The van der Waals surface area contributed by atoms with Crippen LogP contribution in [0.1, 0.15) is 29.7 Å². The number of rotatable bonds is 4. The van der Waals surface area contributed by atoms with Crippen molar-refractivity contribution in [2.75, 3.05) is 11.5 Å². The molecule has 1 fully saturated rings. The molecule has 0 atom stereocenters. The van der Waals surface area contributed by atoms with Crippen molar-refractivity contribution in [3.05, 3.63) is 16.1 Å². The van der Waals surface area contributed by atoms with E-state index in [0.717, 1.165) is 30.8 Å². The van der Waals surface area contributed by atoms with Crippen molar-refractivity contribution in [2.24, 2.45) is 0 Å². The van der Waals surface area contributed by atoms with Crippen LogP contribution >= 0.6 is 11.3 Å². The van der Waals surface area contributed by atoms with Gasteiger partial charge in [0.15, 0.2) is 0 Å². The first-order valence-electron chi connectivity index (χ1n) is 5.96. The third-order valence-electron chi connectivity index (χ3n) is 3.05. The highest BCUT2D eigenvalue weighted by atomic mass is 32.2. The second-order valence-corrected chi connectivity index (χ2v) is 7.88. The molecule has 1 aromatic heterocycles. The highest BCUT2D eigenvalue weighted by Crippen LogP contribution is 2.16. The van der Waals surface area contributed by atoms with Crippen LogP contribution in [0.5, 0.6) is 0 Å². The lowest BCUT2D eigenvalue weighted by molar-refractivity contribution is 0.462. The fraction of sp³-hybridized carbons (Fsp3) is 0.727. The van der Waals surface area contributed by atoms with E-state index in [-0.39, 0.29) is 0 Å². The first-order valence-corrected chi connectivity index (χ1v) is 8.60. The van der Waals surface area contributed by atoms with E-state index >= 15 is 0 Å². The molecule has 1 N–H and O–H groups in total. The summed E-state index contributed by atoms with van der Waals surface area (Å²) in [6.45, 7) is 2.88. The molecule has 2 rings (SSSR count). The summed E-state index contributed by atoms with van der Waals surface area (Å²) in [5, 5.41) is 4.49. The summed E-state index contributed by atoms with van der Waals surface area (Å²) >= 11 is 1.73. The molecule has 0 unspecified atom stereocenters. The average molecular weight is 274 g/mol. The lowest BCUT2D eigenvalue weighted by Crippen LogP contribution is -2.37. The van der Waals surface area contributed by atoms with Gasteiger partial charge < -0.3 is 5.32 Å². The SMILES string of the molecule is CCc1cnc(CNC2CCS(=O)(=O)CC2)s1. The molecule has 1 saturated heterocycles. The minimum absolute atomic E-state index is 0.322. The maximum absolute atomic E-state index is 11.3. The molecule has 17 heavy (non-hydrogen) atoms. The Kier molecular flexibility index (Phi) is 4.17. The Morgan fingerprint density at radius 2 is 2.18 bits per heavy atom. The van der Waals surface area contributed by atoms with Crippen LogP contribution in [0.3, 0.4) is 0 Å². The van der Waals surface area contributed by atoms with Gasteiger partial charge in [-0.1, -0.05) is 6.92 Å². The Labute approximate surface area is 106 Å². The van der Waals surface area contributed by atoms with Gasteiger partial charge in [0.1, 0.15) is 14.8 Å². The summed E-state index contributed by atoms with van der Waals surface area (Å²) in [6, 6.07) is 0.326. The van der Waals surface area contributed by atoms with Gasteiger partial charge in [-0.3, -0.25) is 0 Å². The Bertz CT molecular complexity index is 454. The minimum atomic E-state index is -2.75. The monoisotopic (exact) mass is 274 g/mol. The number of hydrogen-bond donors (Lipinski definition) is 1. The molecular formula is C11H18N2O2S2. The topological polar surface area (TPSA) is 59.1 Å². The Hall–Kier alpha value is -0.460. The smallest absolute Gasteiger partial charge is 0.150 e. The van der Waals surface area contributed by atoms with Crippen LogP contribution in [0.4, 0.5) is 0 Å². The number of nitrogens with zero attached hydrogens (tertiary/aromatic N) is 1. The molecule has 1 aliphatic rings. The molecule has 6 heteroatoms. The molecule has 4 nitrogen and oxygen atoms in total. The van der Waals surface area contributed by atoms with Crippen LogP contribution in [0, 0.1) is 0 Å². The van der Waals surface area contributed by atoms with Gasteiger partial charge in [-0.2, -0.15) is 0 Å². The number of sulfone groups is 1. The number of aromatic nitrogens is 1. The fourth-order valence-corrected chi connectivity index (χ4v) is 4.22. The molecule has 1 aliphatic heterocycles. The Morgan fingerprint density at radius 3 is 2.76 bits per heavy atom. The van der Waals surface area contributed by atoms with Gasteiger partial charge in [-0.05, 0) is 19.3 Å². The van der Waals surface area contributed by atoms with Crippen LogP contribution in [-0.2, 0) is 22.8 Å². The first-order chi connectivity index (χ1) is 8.09. The summed E-state index contributed by atoms with van der Waals surface area (Å²) in [6.07, 6.45) is 4.41.